The summed E-state index contributed by atoms with van der Waals surface area (Å²) in [5.74, 6) is -0.192. The van der Waals surface area contributed by atoms with Crippen molar-refractivity contribution in [2.24, 2.45) is 0 Å². The molecule has 1 atom stereocenters. The van der Waals surface area contributed by atoms with Crippen LogP contribution in [-0.2, 0) is 9.84 Å². The largest absolute Gasteiger partial charge is 0.335 e. The predicted octanol–water partition coefficient (Wildman–Crippen LogP) is 1.18. The Hall–Kier alpha value is -2.15. The quantitative estimate of drug-likeness (QED) is 0.913. The summed E-state index contributed by atoms with van der Waals surface area (Å²) >= 11 is 0. The van der Waals surface area contributed by atoms with Crippen molar-refractivity contribution in [3.63, 3.8) is 0 Å². The standard InChI is InChI=1S/C16H18N2O4S/c1-2-18(11-7-8-23(21,22)10-11)16(20)13-9-15(19)17-14-6-4-3-5-12(13)14/h3-6,9,11H,2,7-8,10H2,1H3,(H,17,19)/t11-/m0/s1. The van der Waals surface area contributed by atoms with E-state index in [4.69, 9.17) is 0 Å². The lowest BCUT2D eigenvalue weighted by Crippen LogP contribution is -2.41. The maximum atomic E-state index is 12.9. The highest BCUT2D eigenvalue weighted by Gasteiger charge is 2.34. The number of hydrogen-bond acceptors (Lipinski definition) is 4. The van der Waals surface area contributed by atoms with Gasteiger partial charge in [-0.2, -0.15) is 0 Å². The summed E-state index contributed by atoms with van der Waals surface area (Å²) < 4.78 is 23.4. The Morgan fingerprint density at radius 1 is 1.35 bits per heavy atom. The fourth-order valence-electron chi connectivity index (χ4n) is 3.13. The molecule has 0 saturated carbocycles. The Kier molecular flexibility index (Phi) is 3.97. The van der Waals surface area contributed by atoms with Crippen molar-refractivity contribution in [3.05, 3.63) is 46.2 Å². The van der Waals surface area contributed by atoms with E-state index >= 15 is 0 Å². The summed E-state index contributed by atoms with van der Waals surface area (Å²) in [4.78, 5) is 29.0. The van der Waals surface area contributed by atoms with Crippen LogP contribution in [0.1, 0.15) is 23.7 Å². The van der Waals surface area contributed by atoms with Crippen molar-refractivity contribution in [2.75, 3.05) is 18.1 Å². The van der Waals surface area contributed by atoms with Crippen LogP contribution < -0.4 is 5.56 Å². The predicted molar refractivity (Wildman–Crippen MR) is 88.3 cm³/mol. The lowest BCUT2D eigenvalue weighted by atomic mass is 10.1. The third-order valence-electron chi connectivity index (χ3n) is 4.23. The molecular weight excluding hydrogens is 316 g/mol. The summed E-state index contributed by atoms with van der Waals surface area (Å²) in [7, 11) is -3.08. The number of aromatic nitrogens is 1. The molecule has 0 unspecified atom stereocenters. The second-order valence-corrected chi connectivity index (χ2v) is 7.97. The van der Waals surface area contributed by atoms with Gasteiger partial charge in [0.05, 0.1) is 17.1 Å². The zero-order valence-electron chi connectivity index (χ0n) is 12.8. The molecule has 0 bridgehead atoms. The van der Waals surface area contributed by atoms with Gasteiger partial charge in [-0.25, -0.2) is 8.42 Å². The summed E-state index contributed by atoms with van der Waals surface area (Å²) in [5.41, 5.74) is 0.566. The Bertz CT molecular complexity index is 917. The number of H-pyrrole nitrogens is 1. The summed E-state index contributed by atoms with van der Waals surface area (Å²) in [6.45, 7) is 2.22. The molecule has 0 radical (unpaired) electrons. The molecule has 1 N–H and O–H groups in total. The lowest BCUT2D eigenvalue weighted by Gasteiger charge is -2.27. The van der Waals surface area contributed by atoms with E-state index in [0.717, 1.165) is 0 Å². The van der Waals surface area contributed by atoms with Crippen LogP contribution in [0.3, 0.4) is 0 Å². The van der Waals surface area contributed by atoms with Gasteiger partial charge in [0, 0.05) is 29.6 Å². The second-order valence-electron chi connectivity index (χ2n) is 5.74. The Morgan fingerprint density at radius 2 is 2.09 bits per heavy atom. The topological polar surface area (TPSA) is 87.3 Å². The van der Waals surface area contributed by atoms with Crippen LogP contribution in [0.25, 0.3) is 10.9 Å². The van der Waals surface area contributed by atoms with Crippen molar-refractivity contribution >= 4 is 26.6 Å². The van der Waals surface area contributed by atoms with Crippen molar-refractivity contribution in [2.45, 2.75) is 19.4 Å². The highest BCUT2D eigenvalue weighted by atomic mass is 32.2. The number of hydrogen-bond donors (Lipinski definition) is 1. The van der Waals surface area contributed by atoms with Crippen LogP contribution in [-0.4, -0.2) is 48.3 Å². The van der Waals surface area contributed by atoms with Crippen LogP contribution in [0, 0.1) is 0 Å². The minimum Gasteiger partial charge on any atom is -0.335 e. The van der Waals surface area contributed by atoms with E-state index in [1.54, 1.807) is 29.2 Å². The van der Waals surface area contributed by atoms with Gasteiger partial charge in [-0.05, 0) is 19.4 Å². The maximum Gasteiger partial charge on any atom is 0.255 e. The minimum absolute atomic E-state index is 0.00625. The van der Waals surface area contributed by atoms with Crippen LogP contribution in [0.5, 0.6) is 0 Å². The maximum absolute atomic E-state index is 12.9. The number of fused-ring (bicyclic) bond motifs is 1. The number of carbonyl (C=O) groups is 1. The van der Waals surface area contributed by atoms with E-state index < -0.39 is 9.84 Å². The van der Waals surface area contributed by atoms with Crippen LogP contribution in [0.4, 0.5) is 0 Å². The third kappa shape index (κ3) is 3.01. The highest BCUT2D eigenvalue weighted by molar-refractivity contribution is 7.91. The molecule has 0 aliphatic carbocycles. The lowest BCUT2D eigenvalue weighted by molar-refractivity contribution is 0.0710. The minimum atomic E-state index is -3.08. The fourth-order valence-corrected chi connectivity index (χ4v) is 4.86. The SMILES string of the molecule is CCN(C(=O)c1cc(=O)[nH]c2ccccc12)[C@H]1CCS(=O)(=O)C1. The number of para-hydroxylation sites is 1. The number of nitrogens with zero attached hydrogens (tertiary/aromatic N) is 1. The molecule has 2 heterocycles. The molecular formula is C16H18N2O4S. The molecule has 1 aliphatic rings. The molecule has 1 aliphatic heterocycles. The smallest absolute Gasteiger partial charge is 0.255 e. The van der Waals surface area contributed by atoms with Crippen molar-refractivity contribution in [1.29, 1.82) is 0 Å². The number of pyridine rings is 1. The number of benzene rings is 1. The van der Waals surface area contributed by atoms with E-state index in [2.05, 4.69) is 4.98 Å². The van der Waals surface area contributed by atoms with E-state index in [0.29, 0.717) is 29.4 Å². The van der Waals surface area contributed by atoms with Crippen LogP contribution in [0.15, 0.2) is 35.1 Å². The number of amides is 1. The van der Waals surface area contributed by atoms with Gasteiger partial charge in [-0.1, -0.05) is 18.2 Å². The van der Waals surface area contributed by atoms with Gasteiger partial charge in [-0.3, -0.25) is 9.59 Å². The molecule has 1 aromatic heterocycles. The van der Waals surface area contributed by atoms with E-state index in [1.165, 1.54) is 6.07 Å². The van der Waals surface area contributed by atoms with Gasteiger partial charge in [-0.15, -0.1) is 0 Å². The normalized spacial score (nSPS) is 19.8. The number of rotatable bonds is 3. The first-order valence-corrected chi connectivity index (χ1v) is 9.37. The molecule has 23 heavy (non-hydrogen) atoms. The van der Waals surface area contributed by atoms with Gasteiger partial charge in [0.15, 0.2) is 9.84 Å². The van der Waals surface area contributed by atoms with Crippen LogP contribution in [0.2, 0.25) is 0 Å². The van der Waals surface area contributed by atoms with Gasteiger partial charge >= 0.3 is 0 Å². The molecule has 122 valence electrons. The molecule has 1 saturated heterocycles. The average molecular weight is 334 g/mol. The Balaban J connectivity index is 2.04. The Morgan fingerprint density at radius 3 is 2.74 bits per heavy atom. The number of carbonyl (C=O) groups excluding carboxylic acids is 1. The first-order chi connectivity index (χ1) is 10.9. The van der Waals surface area contributed by atoms with Gasteiger partial charge in [0.1, 0.15) is 0 Å². The van der Waals surface area contributed by atoms with E-state index in [-0.39, 0.29) is 29.0 Å². The molecule has 2 aromatic rings. The second kappa shape index (κ2) is 5.81. The molecule has 7 heteroatoms. The van der Waals surface area contributed by atoms with Crippen molar-refractivity contribution in [3.8, 4) is 0 Å². The molecule has 0 spiro atoms. The third-order valence-corrected chi connectivity index (χ3v) is 5.98. The molecule has 3 rings (SSSR count). The number of nitrogens with one attached hydrogen (secondary N) is 1. The van der Waals surface area contributed by atoms with Crippen molar-refractivity contribution in [1.82, 2.24) is 9.88 Å². The first-order valence-electron chi connectivity index (χ1n) is 7.55. The van der Waals surface area contributed by atoms with Gasteiger partial charge in [0.25, 0.3) is 5.91 Å². The van der Waals surface area contributed by atoms with Crippen LogP contribution >= 0.6 is 0 Å². The molecule has 1 fully saturated rings. The monoisotopic (exact) mass is 334 g/mol. The summed E-state index contributed by atoms with van der Waals surface area (Å²) in [6.07, 6.45) is 0.447. The molecule has 6 nitrogen and oxygen atoms in total. The molecule has 1 aromatic carbocycles. The molecule has 1 amide bonds. The zero-order valence-corrected chi connectivity index (χ0v) is 13.6. The zero-order chi connectivity index (χ0) is 16.6. The summed E-state index contributed by atoms with van der Waals surface area (Å²) in [6, 6.07) is 8.07. The van der Waals surface area contributed by atoms with E-state index in [1.807, 2.05) is 6.92 Å². The highest BCUT2D eigenvalue weighted by Crippen LogP contribution is 2.22. The fraction of sp³-hybridized carbons (Fsp3) is 0.375. The van der Waals surface area contributed by atoms with Crippen molar-refractivity contribution < 1.29 is 13.2 Å². The first kappa shape index (κ1) is 15.7. The Labute approximate surface area is 134 Å². The van der Waals surface area contributed by atoms with E-state index in [9.17, 15) is 18.0 Å². The van der Waals surface area contributed by atoms with Gasteiger partial charge < -0.3 is 9.88 Å². The number of sulfone groups is 1. The number of aromatic amines is 1. The average Bonchev–Trinajstić information content (AvgIpc) is 2.86. The summed E-state index contributed by atoms with van der Waals surface area (Å²) in [5, 5.41) is 0.663. The van der Waals surface area contributed by atoms with Gasteiger partial charge in [0.2, 0.25) is 5.56 Å².